The van der Waals surface area contributed by atoms with Gasteiger partial charge < -0.3 is 31.3 Å². The zero-order valence-corrected chi connectivity index (χ0v) is 25.9. The molecular weight excluding hydrogens is 594 g/mol. The number of imide groups is 2. The van der Waals surface area contributed by atoms with Gasteiger partial charge in [0.15, 0.2) is 0 Å². The van der Waals surface area contributed by atoms with E-state index in [1.807, 2.05) is 0 Å². The SMILES string of the molecule is CCOC(C)C(=O)NC(CC(=O)NC(C)NC(=O)C(C)N1C(=O)C=CC1=O)CC(=O)NC(C)NC(=O)C(C)N1C(=O)C=CC1=O. The van der Waals surface area contributed by atoms with Gasteiger partial charge in [0, 0.05) is 49.8 Å². The lowest BCUT2D eigenvalue weighted by Crippen LogP contribution is -2.55. The molecule has 0 saturated heterocycles. The minimum absolute atomic E-state index is 0.237. The molecule has 0 spiro atoms. The molecule has 5 atom stereocenters. The number of hydrogen-bond donors (Lipinski definition) is 5. The van der Waals surface area contributed by atoms with Gasteiger partial charge in [-0.2, -0.15) is 0 Å². The molecule has 17 nitrogen and oxygen atoms in total. The maximum absolute atomic E-state index is 12.8. The summed E-state index contributed by atoms with van der Waals surface area (Å²) >= 11 is 0. The first-order valence-electron chi connectivity index (χ1n) is 14.3. The Kier molecular flexibility index (Phi) is 13.1. The summed E-state index contributed by atoms with van der Waals surface area (Å²) in [6.45, 7) is 9.00. The highest BCUT2D eigenvalue weighted by Crippen LogP contribution is 2.10. The van der Waals surface area contributed by atoms with Crippen molar-refractivity contribution < 1.29 is 47.9 Å². The largest absolute Gasteiger partial charge is 0.369 e. The molecule has 246 valence electrons. The van der Waals surface area contributed by atoms with E-state index < -0.39 is 103 Å². The van der Waals surface area contributed by atoms with Crippen molar-refractivity contribution in [2.24, 2.45) is 0 Å². The number of carbonyl (C=O) groups is 9. The molecule has 0 aromatic rings. The van der Waals surface area contributed by atoms with Gasteiger partial charge in [0.1, 0.15) is 18.2 Å². The Labute approximate surface area is 259 Å². The predicted octanol–water partition coefficient (Wildman–Crippen LogP) is -2.54. The molecule has 5 N–H and O–H groups in total. The number of nitrogens with zero attached hydrogens (tertiary/aromatic N) is 2. The Balaban J connectivity index is 1.97. The number of rotatable bonds is 16. The Morgan fingerprint density at radius 3 is 1.29 bits per heavy atom. The van der Waals surface area contributed by atoms with Gasteiger partial charge in [-0.25, -0.2) is 0 Å². The fraction of sp³-hybridized carbons (Fsp3) is 0.536. The van der Waals surface area contributed by atoms with Crippen LogP contribution in [-0.4, -0.2) is 106 Å². The molecule has 0 fully saturated rings. The molecular formula is C28H39N7O10. The van der Waals surface area contributed by atoms with E-state index in [2.05, 4.69) is 26.6 Å². The molecule has 0 saturated carbocycles. The molecule has 17 heteroatoms. The van der Waals surface area contributed by atoms with Crippen molar-refractivity contribution in [3.63, 3.8) is 0 Å². The number of hydrogen-bond acceptors (Lipinski definition) is 10. The molecule has 2 aliphatic heterocycles. The molecule has 0 bridgehead atoms. The van der Waals surface area contributed by atoms with Crippen LogP contribution in [0.4, 0.5) is 0 Å². The lowest BCUT2D eigenvalue weighted by Gasteiger charge is -2.26. The Bertz CT molecular complexity index is 1180. The van der Waals surface area contributed by atoms with E-state index in [0.29, 0.717) is 0 Å². The van der Waals surface area contributed by atoms with E-state index in [1.54, 1.807) is 6.92 Å². The molecule has 2 aliphatic rings. The average molecular weight is 634 g/mol. The summed E-state index contributed by atoms with van der Waals surface area (Å²) in [5.41, 5.74) is 0. The topological polar surface area (TPSA) is 229 Å². The Morgan fingerprint density at radius 2 is 0.956 bits per heavy atom. The summed E-state index contributed by atoms with van der Waals surface area (Å²) in [6.07, 6.45) is 0.569. The third-order valence-corrected chi connectivity index (χ3v) is 6.69. The standard InChI is InChI=1S/C28H39N7O10/c1-7-45-16(4)28(44)33-19(12-20(36)29-17(5)31-26(42)14(2)34-22(38)8-9-23(34)39)13-21(37)30-18(6)32-27(43)15(3)35-24(40)10-11-25(35)41/h8-11,14-19H,7,12-13H2,1-6H3,(H,29,36)(H,30,37)(H,31,42)(H,32,43)(H,33,44). The van der Waals surface area contributed by atoms with Crippen LogP contribution in [0.15, 0.2) is 24.3 Å². The van der Waals surface area contributed by atoms with Crippen LogP contribution in [0.3, 0.4) is 0 Å². The number of carbonyl (C=O) groups excluding carboxylic acids is 9. The van der Waals surface area contributed by atoms with Crippen molar-refractivity contribution >= 4 is 53.2 Å². The Hall–Kier alpha value is -4.93. The van der Waals surface area contributed by atoms with Crippen LogP contribution in [0.1, 0.15) is 54.4 Å². The van der Waals surface area contributed by atoms with Crippen LogP contribution in [0.5, 0.6) is 0 Å². The van der Waals surface area contributed by atoms with Gasteiger partial charge in [-0.3, -0.25) is 53.0 Å². The van der Waals surface area contributed by atoms with E-state index in [4.69, 9.17) is 4.74 Å². The van der Waals surface area contributed by atoms with Crippen molar-refractivity contribution in [2.75, 3.05) is 6.61 Å². The van der Waals surface area contributed by atoms with Crippen LogP contribution in [0, 0.1) is 0 Å². The van der Waals surface area contributed by atoms with Gasteiger partial charge in [-0.15, -0.1) is 0 Å². The fourth-order valence-corrected chi connectivity index (χ4v) is 4.43. The van der Waals surface area contributed by atoms with E-state index >= 15 is 0 Å². The second kappa shape index (κ2) is 16.2. The first-order chi connectivity index (χ1) is 21.0. The molecule has 0 radical (unpaired) electrons. The number of nitrogens with one attached hydrogen (secondary N) is 5. The summed E-state index contributed by atoms with van der Waals surface area (Å²) < 4.78 is 5.27. The van der Waals surface area contributed by atoms with Crippen LogP contribution in [0.2, 0.25) is 0 Å². The van der Waals surface area contributed by atoms with E-state index in [-0.39, 0.29) is 6.61 Å². The van der Waals surface area contributed by atoms with Gasteiger partial charge in [0.2, 0.25) is 29.5 Å². The van der Waals surface area contributed by atoms with Gasteiger partial charge >= 0.3 is 0 Å². The minimum atomic E-state index is -1.14. The zero-order chi connectivity index (χ0) is 34.0. The molecule has 2 rings (SSSR count). The highest BCUT2D eigenvalue weighted by atomic mass is 16.5. The molecule has 9 amide bonds. The molecule has 2 heterocycles. The highest BCUT2D eigenvalue weighted by Gasteiger charge is 2.34. The monoisotopic (exact) mass is 633 g/mol. The summed E-state index contributed by atoms with van der Waals surface area (Å²) in [5.74, 6) is -5.89. The van der Waals surface area contributed by atoms with E-state index in [0.717, 1.165) is 34.1 Å². The van der Waals surface area contributed by atoms with Crippen LogP contribution < -0.4 is 26.6 Å². The van der Waals surface area contributed by atoms with Crippen molar-refractivity contribution in [3.05, 3.63) is 24.3 Å². The minimum Gasteiger partial charge on any atom is -0.369 e. The summed E-state index contributed by atoms with van der Waals surface area (Å²) in [4.78, 5) is 112. The van der Waals surface area contributed by atoms with Gasteiger partial charge in [-0.05, 0) is 41.5 Å². The van der Waals surface area contributed by atoms with Crippen molar-refractivity contribution in [3.8, 4) is 0 Å². The third-order valence-electron chi connectivity index (χ3n) is 6.69. The summed E-state index contributed by atoms with van der Waals surface area (Å²) in [6, 6.07) is -3.33. The van der Waals surface area contributed by atoms with Crippen LogP contribution >= 0.6 is 0 Å². The zero-order valence-electron chi connectivity index (χ0n) is 25.9. The van der Waals surface area contributed by atoms with Crippen molar-refractivity contribution in [1.29, 1.82) is 0 Å². The maximum Gasteiger partial charge on any atom is 0.254 e. The van der Waals surface area contributed by atoms with Gasteiger partial charge in [0.25, 0.3) is 23.6 Å². The smallest absolute Gasteiger partial charge is 0.254 e. The quantitative estimate of drug-likeness (QED) is 0.0883. The number of amides is 9. The van der Waals surface area contributed by atoms with E-state index in [1.165, 1.54) is 34.6 Å². The second-order valence-corrected chi connectivity index (χ2v) is 10.4. The van der Waals surface area contributed by atoms with Crippen LogP contribution in [-0.2, 0) is 47.9 Å². The molecule has 45 heavy (non-hydrogen) atoms. The lowest BCUT2D eigenvalue weighted by molar-refractivity contribution is -0.145. The van der Waals surface area contributed by atoms with Crippen molar-refractivity contribution in [1.82, 2.24) is 36.4 Å². The predicted molar refractivity (Wildman–Crippen MR) is 155 cm³/mol. The molecule has 0 aromatic carbocycles. The fourth-order valence-electron chi connectivity index (χ4n) is 4.43. The van der Waals surface area contributed by atoms with Gasteiger partial charge in [-0.1, -0.05) is 0 Å². The highest BCUT2D eigenvalue weighted by molar-refractivity contribution is 6.15. The molecule has 0 aliphatic carbocycles. The normalized spacial score (nSPS) is 18.2. The lowest BCUT2D eigenvalue weighted by atomic mass is 10.1. The third kappa shape index (κ3) is 10.3. The molecule has 5 unspecified atom stereocenters. The maximum atomic E-state index is 12.8. The van der Waals surface area contributed by atoms with Crippen molar-refractivity contribution in [2.45, 2.75) is 90.9 Å². The second-order valence-electron chi connectivity index (χ2n) is 10.4. The first kappa shape index (κ1) is 36.3. The number of ether oxygens (including phenoxy) is 1. The average Bonchev–Trinajstić information content (AvgIpc) is 3.45. The van der Waals surface area contributed by atoms with Gasteiger partial charge in [0.05, 0.1) is 12.3 Å². The van der Waals surface area contributed by atoms with E-state index in [9.17, 15) is 43.2 Å². The molecule has 0 aromatic heterocycles. The van der Waals surface area contributed by atoms with Crippen LogP contribution in [0.25, 0.3) is 0 Å². The Morgan fingerprint density at radius 1 is 0.600 bits per heavy atom. The summed E-state index contributed by atoms with van der Waals surface area (Å²) in [5, 5.41) is 12.6. The summed E-state index contributed by atoms with van der Waals surface area (Å²) in [7, 11) is 0. The first-order valence-corrected chi connectivity index (χ1v) is 14.3.